The van der Waals surface area contributed by atoms with Gasteiger partial charge in [-0.1, -0.05) is 0 Å². The van der Waals surface area contributed by atoms with Crippen molar-refractivity contribution >= 4 is 5.91 Å². The number of rotatable bonds is 4. The fourth-order valence-electron chi connectivity index (χ4n) is 3.55. The van der Waals surface area contributed by atoms with Crippen molar-refractivity contribution in [1.29, 1.82) is 0 Å². The van der Waals surface area contributed by atoms with Crippen LogP contribution in [0.5, 0.6) is 0 Å². The number of aryl methyl sites for hydroxylation is 2. The Kier molecular flexibility index (Phi) is 4.46. The molecule has 5 nitrogen and oxygen atoms in total. The van der Waals surface area contributed by atoms with Crippen LogP contribution in [0.3, 0.4) is 0 Å². The van der Waals surface area contributed by atoms with E-state index in [0.717, 1.165) is 37.2 Å². The van der Waals surface area contributed by atoms with Gasteiger partial charge in [-0.3, -0.25) is 14.5 Å². The number of carbonyl (C=O) groups is 1. The molecule has 1 atom stereocenters. The van der Waals surface area contributed by atoms with Gasteiger partial charge in [0.05, 0.1) is 11.7 Å². The van der Waals surface area contributed by atoms with Crippen molar-refractivity contribution in [2.24, 2.45) is 7.05 Å². The lowest BCUT2D eigenvalue weighted by molar-refractivity contribution is -0.132. The van der Waals surface area contributed by atoms with Crippen molar-refractivity contribution in [2.45, 2.75) is 45.6 Å². The molecule has 1 aliphatic rings. The van der Waals surface area contributed by atoms with Gasteiger partial charge in [0, 0.05) is 38.1 Å². The van der Waals surface area contributed by atoms with Gasteiger partial charge in [0.15, 0.2) is 0 Å². The minimum atomic E-state index is 0.210. The number of likely N-dealkylation sites (tertiary alicyclic amines) is 1. The van der Waals surface area contributed by atoms with Crippen molar-refractivity contribution in [3.63, 3.8) is 0 Å². The highest BCUT2D eigenvalue weighted by molar-refractivity contribution is 5.77. The smallest absolute Gasteiger partial charge is 0.223 e. The zero-order chi connectivity index (χ0) is 16.4. The average Bonchev–Trinajstić information content (AvgIpc) is 3.13. The Morgan fingerprint density at radius 2 is 2.04 bits per heavy atom. The molecule has 2 aromatic heterocycles. The van der Waals surface area contributed by atoms with Crippen LogP contribution in [-0.2, 0) is 18.3 Å². The normalized spacial score (nSPS) is 17.7. The molecule has 23 heavy (non-hydrogen) atoms. The van der Waals surface area contributed by atoms with Crippen LogP contribution in [0.15, 0.2) is 24.5 Å². The molecule has 1 fully saturated rings. The summed E-state index contributed by atoms with van der Waals surface area (Å²) in [5.74, 6) is 0.243. The van der Waals surface area contributed by atoms with Crippen LogP contribution in [0.4, 0.5) is 0 Å². The highest BCUT2D eigenvalue weighted by Crippen LogP contribution is 2.32. The van der Waals surface area contributed by atoms with Crippen molar-refractivity contribution in [3.8, 4) is 0 Å². The molecule has 0 unspecified atom stereocenters. The van der Waals surface area contributed by atoms with E-state index >= 15 is 0 Å². The van der Waals surface area contributed by atoms with E-state index in [-0.39, 0.29) is 11.9 Å². The number of hydrogen-bond acceptors (Lipinski definition) is 3. The van der Waals surface area contributed by atoms with Gasteiger partial charge in [-0.25, -0.2) is 0 Å². The van der Waals surface area contributed by atoms with Crippen molar-refractivity contribution < 1.29 is 4.79 Å². The highest BCUT2D eigenvalue weighted by Gasteiger charge is 2.29. The second-order valence-corrected chi connectivity index (χ2v) is 6.30. The number of amides is 1. The molecule has 0 saturated carbocycles. The Morgan fingerprint density at radius 1 is 1.30 bits per heavy atom. The standard InChI is InChI=1S/C18H24N4O/c1-13-16(14(2)21(3)20-13)6-7-18(23)22-12-4-5-17(22)15-8-10-19-11-9-15/h8-11,17H,4-7,12H2,1-3H3/t17-/m0/s1. The van der Waals surface area contributed by atoms with Crippen LogP contribution < -0.4 is 0 Å². The maximum absolute atomic E-state index is 12.7. The molecule has 3 heterocycles. The van der Waals surface area contributed by atoms with E-state index in [1.807, 2.05) is 35.7 Å². The van der Waals surface area contributed by atoms with E-state index in [2.05, 4.69) is 17.0 Å². The molecule has 0 radical (unpaired) electrons. The molecule has 5 heteroatoms. The second kappa shape index (κ2) is 6.52. The minimum Gasteiger partial charge on any atom is -0.336 e. The zero-order valence-electron chi connectivity index (χ0n) is 14.1. The van der Waals surface area contributed by atoms with Crippen LogP contribution in [0.1, 0.15) is 47.8 Å². The zero-order valence-corrected chi connectivity index (χ0v) is 14.1. The first kappa shape index (κ1) is 15.7. The first-order chi connectivity index (χ1) is 11.1. The summed E-state index contributed by atoms with van der Waals surface area (Å²) in [7, 11) is 1.95. The second-order valence-electron chi connectivity index (χ2n) is 6.30. The Morgan fingerprint density at radius 3 is 2.70 bits per heavy atom. The molecule has 1 aliphatic heterocycles. The van der Waals surface area contributed by atoms with Gasteiger partial charge >= 0.3 is 0 Å². The van der Waals surface area contributed by atoms with Gasteiger partial charge in [-0.15, -0.1) is 0 Å². The molecule has 1 saturated heterocycles. The molecule has 2 aromatic rings. The summed E-state index contributed by atoms with van der Waals surface area (Å²) >= 11 is 0. The number of nitrogens with zero attached hydrogens (tertiary/aromatic N) is 4. The summed E-state index contributed by atoms with van der Waals surface area (Å²) in [6.45, 7) is 4.94. The predicted molar refractivity (Wildman–Crippen MR) is 88.9 cm³/mol. The third-order valence-electron chi connectivity index (χ3n) is 4.91. The van der Waals surface area contributed by atoms with Crippen LogP contribution in [0, 0.1) is 13.8 Å². The molecule has 0 bridgehead atoms. The Bertz CT molecular complexity index is 693. The first-order valence-electron chi connectivity index (χ1n) is 8.26. The predicted octanol–water partition coefficient (Wildman–Crippen LogP) is 2.73. The average molecular weight is 312 g/mol. The molecule has 0 spiro atoms. The Hall–Kier alpha value is -2.17. The third kappa shape index (κ3) is 3.14. The molecule has 1 amide bonds. The van der Waals surface area contributed by atoms with E-state index in [1.165, 1.54) is 11.1 Å². The Labute approximate surface area is 137 Å². The first-order valence-corrected chi connectivity index (χ1v) is 8.26. The van der Waals surface area contributed by atoms with Crippen LogP contribution >= 0.6 is 0 Å². The third-order valence-corrected chi connectivity index (χ3v) is 4.91. The van der Waals surface area contributed by atoms with E-state index < -0.39 is 0 Å². The summed E-state index contributed by atoms with van der Waals surface area (Å²) in [5, 5.41) is 4.43. The minimum absolute atomic E-state index is 0.210. The number of aromatic nitrogens is 3. The fraction of sp³-hybridized carbons (Fsp3) is 0.500. The van der Waals surface area contributed by atoms with E-state index in [9.17, 15) is 4.79 Å². The van der Waals surface area contributed by atoms with Gasteiger partial charge in [-0.05, 0) is 56.4 Å². The maximum Gasteiger partial charge on any atom is 0.223 e. The van der Waals surface area contributed by atoms with Crippen molar-refractivity contribution in [2.75, 3.05) is 6.54 Å². The van der Waals surface area contributed by atoms with E-state index in [1.54, 1.807) is 12.4 Å². The molecule has 0 aromatic carbocycles. The topological polar surface area (TPSA) is 51.0 Å². The van der Waals surface area contributed by atoms with Gasteiger partial charge in [0.25, 0.3) is 0 Å². The van der Waals surface area contributed by atoms with Gasteiger partial charge in [-0.2, -0.15) is 5.10 Å². The van der Waals surface area contributed by atoms with E-state index in [0.29, 0.717) is 6.42 Å². The summed E-state index contributed by atoms with van der Waals surface area (Å²) in [5.41, 5.74) is 4.59. The molecular weight excluding hydrogens is 288 g/mol. The SMILES string of the molecule is Cc1nn(C)c(C)c1CCC(=O)N1CCC[C@H]1c1ccncc1. The number of pyridine rings is 1. The van der Waals surface area contributed by atoms with Crippen LogP contribution in [0.25, 0.3) is 0 Å². The monoisotopic (exact) mass is 312 g/mol. The largest absolute Gasteiger partial charge is 0.336 e. The highest BCUT2D eigenvalue weighted by atomic mass is 16.2. The number of hydrogen-bond donors (Lipinski definition) is 0. The summed E-state index contributed by atoms with van der Waals surface area (Å²) < 4.78 is 1.89. The van der Waals surface area contributed by atoms with Gasteiger partial charge in [0.1, 0.15) is 0 Å². The van der Waals surface area contributed by atoms with E-state index in [4.69, 9.17) is 0 Å². The van der Waals surface area contributed by atoms with Gasteiger partial charge < -0.3 is 4.90 Å². The molecular formula is C18H24N4O. The van der Waals surface area contributed by atoms with Crippen molar-refractivity contribution in [1.82, 2.24) is 19.7 Å². The molecule has 0 aliphatic carbocycles. The summed E-state index contributed by atoms with van der Waals surface area (Å²) in [6, 6.07) is 4.25. The molecule has 122 valence electrons. The summed E-state index contributed by atoms with van der Waals surface area (Å²) in [4.78, 5) is 18.8. The quantitative estimate of drug-likeness (QED) is 0.872. The lowest BCUT2D eigenvalue weighted by atomic mass is 10.0. The lowest BCUT2D eigenvalue weighted by Crippen LogP contribution is -2.30. The van der Waals surface area contributed by atoms with Crippen molar-refractivity contribution in [3.05, 3.63) is 47.0 Å². The Balaban J connectivity index is 1.68. The van der Waals surface area contributed by atoms with Gasteiger partial charge in [0.2, 0.25) is 5.91 Å². The maximum atomic E-state index is 12.7. The van der Waals surface area contributed by atoms with Crippen LogP contribution in [0.2, 0.25) is 0 Å². The molecule has 3 rings (SSSR count). The lowest BCUT2D eigenvalue weighted by Gasteiger charge is -2.25. The number of carbonyl (C=O) groups excluding carboxylic acids is 1. The fourth-order valence-corrected chi connectivity index (χ4v) is 3.55. The van der Waals surface area contributed by atoms with Crippen LogP contribution in [-0.4, -0.2) is 32.1 Å². The molecule has 0 N–H and O–H groups in total. The summed E-state index contributed by atoms with van der Waals surface area (Å²) in [6.07, 6.45) is 7.04.